The van der Waals surface area contributed by atoms with E-state index >= 15 is 0 Å². The van der Waals surface area contributed by atoms with E-state index in [1.807, 2.05) is 17.0 Å². The Balaban J connectivity index is 1.63. The van der Waals surface area contributed by atoms with E-state index < -0.39 is 0 Å². The van der Waals surface area contributed by atoms with Crippen molar-refractivity contribution in [1.29, 1.82) is 0 Å². The van der Waals surface area contributed by atoms with Crippen LogP contribution >= 0.6 is 0 Å². The molecule has 0 radical (unpaired) electrons. The van der Waals surface area contributed by atoms with Crippen LogP contribution in [-0.2, 0) is 17.8 Å². The van der Waals surface area contributed by atoms with E-state index in [2.05, 4.69) is 72.0 Å². The fraction of sp³-hybridized carbons (Fsp3) is 0.208. The van der Waals surface area contributed by atoms with Crippen molar-refractivity contribution in [3.05, 3.63) is 90.0 Å². The van der Waals surface area contributed by atoms with Gasteiger partial charge in [-0.05, 0) is 40.8 Å². The molecule has 3 heteroatoms. The summed E-state index contributed by atoms with van der Waals surface area (Å²) in [5, 5.41) is 3.57. The van der Waals surface area contributed by atoms with E-state index in [0.29, 0.717) is 6.54 Å². The molecule has 0 aromatic heterocycles. The fourth-order valence-corrected chi connectivity index (χ4v) is 3.79. The zero-order chi connectivity index (χ0) is 18.6. The third-order valence-electron chi connectivity index (χ3n) is 5.24. The molecular formula is C24H24N2O. The van der Waals surface area contributed by atoms with Gasteiger partial charge >= 0.3 is 0 Å². The molecule has 1 amide bonds. The van der Waals surface area contributed by atoms with Crippen molar-refractivity contribution < 1.29 is 4.79 Å². The molecule has 0 bridgehead atoms. The van der Waals surface area contributed by atoms with Crippen molar-refractivity contribution >= 4 is 11.6 Å². The first kappa shape index (κ1) is 17.3. The lowest BCUT2D eigenvalue weighted by atomic mass is 10.0. The van der Waals surface area contributed by atoms with Gasteiger partial charge in [0, 0.05) is 25.7 Å². The van der Waals surface area contributed by atoms with Crippen molar-refractivity contribution in [2.45, 2.75) is 25.9 Å². The molecule has 3 aromatic rings. The van der Waals surface area contributed by atoms with E-state index in [4.69, 9.17) is 0 Å². The highest BCUT2D eigenvalue weighted by Crippen LogP contribution is 2.29. The maximum Gasteiger partial charge on any atom is 0.220 e. The number of amides is 1. The molecule has 27 heavy (non-hydrogen) atoms. The molecule has 0 aliphatic carbocycles. The quantitative estimate of drug-likeness (QED) is 0.735. The maximum atomic E-state index is 12.4. The van der Waals surface area contributed by atoms with E-state index in [9.17, 15) is 4.79 Å². The SMILES string of the molecule is CC(=O)N1Cc2cc(-c3ccccc3)ccc2NCC1Cc1ccccc1. The van der Waals surface area contributed by atoms with Gasteiger partial charge in [-0.2, -0.15) is 0 Å². The van der Waals surface area contributed by atoms with Gasteiger partial charge in [-0.3, -0.25) is 4.79 Å². The summed E-state index contributed by atoms with van der Waals surface area (Å²) in [4.78, 5) is 14.4. The summed E-state index contributed by atoms with van der Waals surface area (Å²) < 4.78 is 0. The summed E-state index contributed by atoms with van der Waals surface area (Å²) in [6.45, 7) is 3.06. The Morgan fingerprint density at radius 3 is 2.37 bits per heavy atom. The number of fused-ring (bicyclic) bond motifs is 1. The van der Waals surface area contributed by atoms with Gasteiger partial charge < -0.3 is 10.2 Å². The van der Waals surface area contributed by atoms with Crippen molar-refractivity contribution in [1.82, 2.24) is 4.90 Å². The minimum atomic E-state index is 0.121. The molecule has 1 N–H and O–H groups in total. The monoisotopic (exact) mass is 356 g/mol. The average molecular weight is 356 g/mol. The molecule has 0 saturated heterocycles. The number of carbonyl (C=O) groups excluding carboxylic acids is 1. The van der Waals surface area contributed by atoms with Crippen LogP contribution in [-0.4, -0.2) is 23.4 Å². The number of nitrogens with zero attached hydrogens (tertiary/aromatic N) is 1. The van der Waals surface area contributed by atoms with Gasteiger partial charge in [0.05, 0.1) is 6.04 Å². The Labute approximate surface area is 160 Å². The van der Waals surface area contributed by atoms with Gasteiger partial charge in [-0.1, -0.05) is 66.7 Å². The smallest absolute Gasteiger partial charge is 0.220 e. The van der Waals surface area contributed by atoms with Gasteiger partial charge in [0.15, 0.2) is 0 Å². The minimum Gasteiger partial charge on any atom is -0.383 e. The lowest BCUT2D eigenvalue weighted by Crippen LogP contribution is -2.42. The van der Waals surface area contributed by atoms with Crippen LogP contribution in [0.3, 0.4) is 0 Å². The van der Waals surface area contributed by atoms with Crippen LogP contribution in [0.15, 0.2) is 78.9 Å². The van der Waals surface area contributed by atoms with Crippen LogP contribution in [0.4, 0.5) is 5.69 Å². The Morgan fingerprint density at radius 2 is 1.67 bits per heavy atom. The molecule has 4 rings (SSSR count). The molecule has 1 aliphatic rings. The second kappa shape index (κ2) is 7.67. The second-order valence-electron chi connectivity index (χ2n) is 7.11. The number of anilines is 1. The molecular weight excluding hydrogens is 332 g/mol. The van der Waals surface area contributed by atoms with Crippen molar-refractivity contribution in [3.8, 4) is 11.1 Å². The van der Waals surface area contributed by atoms with Gasteiger partial charge in [0.25, 0.3) is 0 Å². The molecule has 0 spiro atoms. The third kappa shape index (κ3) is 3.87. The summed E-state index contributed by atoms with van der Waals surface area (Å²) in [6.07, 6.45) is 0.854. The molecule has 0 saturated carbocycles. The molecule has 1 aliphatic heterocycles. The average Bonchev–Trinajstić information content (AvgIpc) is 2.89. The number of hydrogen-bond donors (Lipinski definition) is 1. The number of hydrogen-bond acceptors (Lipinski definition) is 2. The Hall–Kier alpha value is -3.07. The molecule has 0 fully saturated rings. The summed E-state index contributed by atoms with van der Waals surface area (Å²) in [5.74, 6) is 0.121. The standard InChI is InChI=1S/C24H24N2O/c1-18(27)26-17-22-15-21(20-10-6-3-7-11-20)12-13-24(22)25-16-23(26)14-19-8-4-2-5-9-19/h2-13,15,23,25H,14,16-17H2,1H3. The highest BCUT2D eigenvalue weighted by atomic mass is 16.2. The van der Waals surface area contributed by atoms with Gasteiger partial charge in [-0.25, -0.2) is 0 Å². The van der Waals surface area contributed by atoms with Gasteiger partial charge in [-0.15, -0.1) is 0 Å². The predicted molar refractivity (Wildman–Crippen MR) is 111 cm³/mol. The van der Waals surface area contributed by atoms with Crippen LogP contribution in [0.5, 0.6) is 0 Å². The molecule has 1 heterocycles. The Morgan fingerprint density at radius 1 is 0.963 bits per heavy atom. The molecule has 3 aromatic carbocycles. The Kier molecular flexibility index (Phi) is 4.93. The normalized spacial score (nSPS) is 16.2. The topological polar surface area (TPSA) is 32.3 Å². The zero-order valence-corrected chi connectivity index (χ0v) is 15.6. The van der Waals surface area contributed by atoms with Gasteiger partial charge in [0.1, 0.15) is 0 Å². The predicted octanol–water partition coefficient (Wildman–Crippen LogP) is 4.74. The summed E-state index contributed by atoms with van der Waals surface area (Å²) in [7, 11) is 0. The first-order valence-electron chi connectivity index (χ1n) is 9.44. The van der Waals surface area contributed by atoms with Crippen LogP contribution in [0.1, 0.15) is 18.1 Å². The van der Waals surface area contributed by atoms with Crippen molar-refractivity contribution in [2.75, 3.05) is 11.9 Å². The van der Waals surface area contributed by atoms with Gasteiger partial charge in [0.2, 0.25) is 5.91 Å². The summed E-state index contributed by atoms with van der Waals surface area (Å²) >= 11 is 0. The lowest BCUT2D eigenvalue weighted by Gasteiger charge is -2.29. The molecule has 3 nitrogen and oxygen atoms in total. The van der Waals surface area contributed by atoms with E-state index in [1.54, 1.807) is 6.92 Å². The minimum absolute atomic E-state index is 0.121. The van der Waals surface area contributed by atoms with E-state index in [1.165, 1.54) is 22.3 Å². The van der Waals surface area contributed by atoms with E-state index in [0.717, 1.165) is 18.7 Å². The Bertz CT molecular complexity index is 922. The largest absolute Gasteiger partial charge is 0.383 e. The first-order valence-corrected chi connectivity index (χ1v) is 9.44. The van der Waals surface area contributed by atoms with E-state index in [-0.39, 0.29) is 11.9 Å². The summed E-state index contributed by atoms with van der Waals surface area (Å²) in [5.41, 5.74) is 5.92. The number of benzene rings is 3. The molecule has 1 atom stereocenters. The molecule has 1 unspecified atom stereocenters. The number of carbonyl (C=O) groups is 1. The van der Waals surface area contributed by atoms with Crippen molar-refractivity contribution in [3.63, 3.8) is 0 Å². The second-order valence-corrected chi connectivity index (χ2v) is 7.11. The highest BCUT2D eigenvalue weighted by Gasteiger charge is 2.26. The van der Waals surface area contributed by atoms with Crippen LogP contribution in [0, 0.1) is 0 Å². The van der Waals surface area contributed by atoms with Crippen LogP contribution in [0.2, 0.25) is 0 Å². The third-order valence-corrected chi connectivity index (χ3v) is 5.24. The number of rotatable bonds is 3. The number of nitrogens with one attached hydrogen (secondary N) is 1. The van der Waals surface area contributed by atoms with Crippen LogP contribution < -0.4 is 5.32 Å². The van der Waals surface area contributed by atoms with Crippen LogP contribution in [0.25, 0.3) is 11.1 Å². The zero-order valence-electron chi connectivity index (χ0n) is 15.6. The summed E-state index contributed by atoms with van der Waals surface area (Å²) in [6, 6.07) is 27.4. The maximum absolute atomic E-state index is 12.4. The lowest BCUT2D eigenvalue weighted by molar-refractivity contribution is -0.131. The van der Waals surface area contributed by atoms with Crippen molar-refractivity contribution in [2.24, 2.45) is 0 Å². The first-order chi connectivity index (χ1) is 13.2. The molecule has 136 valence electrons. The fourth-order valence-electron chi connectivity index (χ4n) is 3.79. The highest BCUT2D eigenvalue weighted by molar-refractivity contribution is 5.75.